The summed E-state index contributed by atoms with van der Waals surface area (Å²) >= 11 is 0. The molecule has 7 nitrogen and oxygen atoms in total. The molecule has 94 valence electrons. The molecule has 1 aliphatic heterocycles. The zero-order chi connectivity index (χ0) is 13.1. The van der Waals surface area contributed by atoms with Crippen LogP contribution < -0.4 is 10.6 Å². The number of aliphatic hydroxyl groups is 1. The number of benzene rings is 1. The molecule has 0 saturated carbocycles. The second-order valence-corrected chi connectivity index (χ2v) is 3.53. The Balaban J connectivity index is 2.13. The van der Waals surface area contributed by atoms with Crippen molar-refractivity contribution in [1.82, 2.24) is 5.32 Å². The fourth-order valence-electron chi connectivity index (χ4n) is 1.54. The average molecular weight is 250 g/mol. The Bertz CT molecular complexity index is 526. The van der Waals surface area contributed by atoms with E-state index in [4.69, 9.17) is 5.11 Å². The zero-order valence-corrected chi connectivity index (χ0v) is 9.23. The molecule has 0 saturated heterocycles. The van der Waals surface area contributed by atoms with Crippen molar-refractivity contribution in [3.05, 3.63) is 29.3 Å². The highest BCUT2D eigenvalue weighted by Gasteiger charge is 2.26. The molecular formula is C11H10N2O5. The third-order valence-corrected chi connectivity index (χ3v) is 2.31. The van der Waals surface area contributed by atoms with Crippen molar-refractivity contribution in [3.8, 4) is 0 Å². The Morgan fingerprint density at radius 1 is 1.28 bits per heavy atom. The maximum absolute atomic E-state index is 11.4. The molecule has 0 unspecified atom stereocenters. The van der Waals surface area contributed by atoms with Crippen LogP contribution in [-0.4, -0.2) is 36.2 Å². The molecule has 1 aromatic rings. The van der Waals surface area contributed by atoms with Gasteiger partial charge in [0.1, 0.15) is 6.61 Å². The van der Waals surface area contributed by atoms with Crippen LogP contribution in [0, 0.1) is 0 Å². The number of hydrogen-bond donors (Lipinski definition) is 3. The second-order valence-electron chi connectivity index (χ2n) is 3.53. The number of rotatable bonds is 3. The number of imide groups is 1. The van der Waals surface area contributed by atoms with Crippen LogP contribution in [0.4, 0.5) is 10.5 Å². The zero-order valence-electron chi connectivity index (χ0n) is 9.23. The lowest BCUT2D eigenvalue weighted by Gasteiger charge is -2.06. The number of fused-ring (bicyclic) bond motifs is 1. The lowest BCUT2D eigenvalue weighted by atomic mass is 10.1. The van der Waals surface area contributed by atoms with Crippen molar-refractivity contribution in [2.75, 3.05) is 18.5 Å². The van der Waals surface area contributed by atoms with Crippen LogP contribution in [-0.2, 0) is 4.74 Å². The molecule has 0 aliphatic carbocycles. The van der Waals surface area contributed by atoms with E-state index in [1.54, 1.807) is 0 Å². The smallest absolute Gasteiger partial charge is 0.411 e. The molecule has 1 heterocycles. The number of aliphatic hydroxyl groups excluding tert-OH is 1. The maximum Gasteiger partial charge on any atom is 0.411 e. The van der Waals surface area contributed by atoms with E-state index in [1.165, 1.54) is 18.2 Å². The topological polar surface area (TPSA) is 105 Å². The van der Waals surface area contributed by atoms with Crippen molar-refractivity contribution in [1.29, 1.82) is 0 Å². The van der Waals surface area contributed by atoms with Gasteiger partial charge in [-0.25, -0.2) is 4.79 Å². The number of hydrogen-bond acceptors (Lipinski definition) is 5. The van der Waals surface area contributed by atoms with E-state index in [9.17, 15) is 14.4 Å². The van der Waals surface area contributed by atoms with Gasteiger partial charge in [-0.05, 0) is 18.2 Å². The lowest BCUT2D eigenvalue weighted by molar-refractivity contribution is 0.0879. The second kappa shape index (κ2) is 4.84. The number of carbonyl (C=O) groups excluding carboxylic acids is 3. The highest BCUT2D eigenvalue weighted by atomic mass is 16.6. The third-order valence-electron chi connectivity index (χ3n) is 2.31. The quantitative estimate of drug-likeness (QED) is 0.660. The van der Waals surface area contributed by atoms with Crippen LogP contribution in [0.1, 0.15) is 20.7 Å². The molecule has 0 bridgehead atoms. The summed E-state index contributed by atoms with van der Waals surface area (Å²) in [4.78, 5) is 33.9. The average Bonchev–Trinajstić information content (AvgIpc) is 2.62. The molecule has 0 aromatic heterocycles. The fourth-order valence-corrected chi connectivity index (χ4v) is 1.54. The molecule has 3 N–H and O–H groups in total. The first kappa shape index (κ1) is 12.1. The number of amides is 3. The summed E-state index contributed by atoms with van der Waals surface area (Å²) in [6, 6.07) is 4.31. The summed E-state index contributed by atoms with van der Waals surface area (Å²) in [5, 5.41) is 13.0. The standard InChI is InChI=1S/C11H10N2O5/c14-3-4-18-11(17)12-6-1-2-7-8(5-6)10(16)13-9(7)15/h1-2,5,14H,3-4H2,(H,12,17)(H,13,15,16). The SMILES string of the molecule is O=C(Nc1ccc2c(c1)C(=O)NC2=O)OCCO. The summed E-state index contributed by atoms with van der Waals surface area (Å²) in [7, 11) is 0. The summed E-state index contributed by atoms with van der Waals surface area (Å²) in [6.07, 6.45) is -0.742. The molecule has 2 rings (SSSR count). The molecule has 0 radical (unpaired) electrons. The Morgan fingerprint density at radius 3 is 2.72 bits per heavy atom. The first-order chi connectivity index (χ1) is 8.61. The van der Waals surface area contributed by atoms with Crippen LogP contribution in [0.25, 0.3) is 0 Å². The Kier molecular flexibility index (Phi) is 3.24. The molecule has 0 spiro atoms. The number of ether oxygens (including phenoxy) is 1. The molecule has 18 heavy (non-hydrogen) atoms. The normalized spacial score (nSPS) is 12.9. The van der Waals surface area contributed by atoms with Crippen molar-refractivity contribution in [2.45, 2.75) is 0 Å². The number of nitrogens with one attached hydrogen (secondary N) is 2. The summed E-state index contributed by atoms with van der Waals surface area (Å²) in [6.45, 7) is -0.385. The first-order valence-corrected chi connectivity index (χ1v) is 5.16. The van der Waals surface area contributed by atoms with Crippen molar-refractivity contribution in [3.63, 3.8) is 0 Å². The monoisotopic (exact) mass is 250 g/mol. The molecule has 1 aromatic carbocycles. The molecule has 7 heteroatoms. The fraction of sp³-hybridized carbons (Fsp3) is 0.182. The van der Waals surface area contributed by atoms with Gasteiger partial charge < -0.3 is 9.84 Å². The van der Waals surface area contributed by atoms with E-state index in [1.807, 2.05) is 0 Å². The Labute approximate surface area is 102 Å². The molecule has 0 atom stereocenters. The molecule has 1 aliphatic rings. The van der Waals surface area contributed by atoms with Crippen molar-refractivity contribution < 1.29 is 24.2 Å². The first-order valence-electron chi connectivity index (χ1n) is 5.16. The third kappa shape index (κ3) is 2.30. The van der Waals surface area contributed by atoms with E-state index in [2.05, 4.69) is 15.4 Å². The van der Waals surface area contributed by atoms with E-state index in [0.29, 0.717) is 5.69 Å². The van der Waals surface area contributed by atoms with Crippen LogP contribution in [0.3, 0.4) is 0 Å². The number of carbonyl (C=O) groups is 3. The van der Waals surface area contributed by atoms with Gasteiger partial charge in [0, 0.05) is 5.69 Å². The van der Waals surface area contributed by atoms with Crippen LogP contribution in [0.5, 0.6) is 0 Å². The predicted octanol–water partition coefficient (Wildman–Crippen LogP) is 0.111. The molecular weight excluding hydrogens is 240 g/mol. The molecule has 3 amide bonds. The summed E-state index contributed by atoms with van der Waals surface area (Å²) in [5.41, 5.74) is 0.816. The highest BCUT2D eigenvalue weighted by Crippen LogP contribution is 2.20. The van der Waals surface area contributed by atoms with Gasteiger partial charge in [0.25, 0.3) is 11.8 Å². The molecule has 0 fully saturated rings. The maximum atomic E-state index is 11.4. The van der Waals surface area contributed by atoms with Gasteiger partial charge in [-0.3, -0.25) is 20.2 Å². The van der Waals surface area contributed by atoms with E-state index in [-0.39, 0.29) is 24.3 Å². The minimum Gasteiger partial charge on any atom is -0.447 e. The van der Waals surface area contributed by atoms with Gasteiger partial charge in [0.2, 0.25) is 0 Å². The van der Waals surface area contributed by atoms with E-state index in [0.717, 1.165) is 0 Å². The van der Waals surface area contributed by atoms with Gasteiger partial charge in [0.05, 0.1) is 17.7 Å². The van der Waals surface area contributed by atoms with E-state index < -0.39 is 17.9 Å². The minimum absolute atomic E-state index is 0.115. The number of anilines is 1. The predicted molar refractivity (Wildman–Crippen MR) is 60.3 cm³/mol. The largest absolute Gasteiger partial charge is 0.447 e. The van der Waals surface area contributed by atoms with Gasteiger partial charge in [-0.2, -0.15) is 0 Å². The Hall–Kier alpha value is -2.41. The van der Waals surface area contributed by atoms with Gasteiger partial charge in [-0.1, -0.05) is 0 Å². The van der Waals surface area contributed by atoms with Gasteiger partial charge in [-0.15, -0.1) is 0 Å². The highest BCUT2D eigenvalue weighted by molar-refractivity contribution is 6.21. The minimum atomic E-state index is -0.742. The lowest BCUT2D eigenvalue weighted by Crippen LogP contribution is -2.19. The van der Waals surface area contributed by atoms with Crippen molar-refractivity contribution in [2.24, 2.45) is 0 Å². The van der Waals surface area contributed by atoms with E-state index >= 15 is 0 Å². The van der Waals surface area contributed by atoms with Gasteiger partial charge in [0.15, 0.2) is 0 Å². The van der Waals surface area contributed by atoms with Gasteiger partial charge >= 0.3 is 6.09 Å². The summed E-state index contributed by atoms with van der Waals surface area (Å²) < 4.78 is 4.59. The van der Waals surface area contributed by atoms with Crippen LogP contribution >= 0.6 is 0 Å². The van der Waals surface area contributed by atoms with Crippen LogP contribution in [0.15, 0.2) is 18.2 Å². The van der Waals surface area contributed by atoms with Crippen molar-refractivity contribution >= 4 is 23.6 Å². The van der Waals surface area contributed by atoms with Crippen LogP contribution in [0.2, 0.25) is 0 Å². The Morgan fingerprint density at radius 2 is 2.00 bits per heavy atom. The summed E-state index contributed by atoms with van der Waals surface area (Å²) in [5.74, 6) is -0.952.